The van der Waals surface area contributed by atoms with Gasteiger partial charge >= 0.3 is 6.03 Å². The van der Waals surface area contributed by atoms with Gasteiger partial charge in [0, 0.05) is 19.6 Å². The molecular weight excluding hydrogens is 266 g/mol. The molecule has 1 fully saturated rings. The van der Waals surface area contributed by atoms with Crippen molar-refractivity contribution < 1.29 is 9.90 Å². The number of hydrogen-bond acceptors (Lipinski definition) is 3. The first kappa shape index (κ1) is 18.2. The van der Waals surface area contributed by atoms with E-state index in [4.69, 9.17) is 0 Å². The van der Waals surface area contributed by atoms with E-state index >= 15 is 0 Å². The second-order valence-corrected chi connectivity index (χ2v) is 6.73. The predicted octanol–water partition coefficient (Wildman–Crippen LogP) is 1.81. The molecule has 0 radical (unpaired) electrons. The van der Waals surface area contributed by atoms with Crippen LogP contribution >= 0.6 is 0 Å². The van der Waals surface area contributed by atoms with Gasteiger partial charge in [0.2, 0.25) is 0 Å². The molecule has 1 rings (SSSR count). The highest BCUT2D eigenvalue weighted by molar-refractivity contribution is 5.73. The summed E-state index contributed by atoms with van der Waals surface area (Å²) in [7, 11) is 0. The largest absolute Gasteiger partial charge is 0.393 e. The maximum atomic E-state index is 11.6. The summed E-state index contributed by atoms with van der Waals surface area (Å²) in [5, 5.41) is 15.0. The SMILES string of the molecule is CC(O)CC(C)CNC(=O)NCCCN1CCCC(C)C1. The maximum absolute atomic E-state index is 11.6. The molecule has 1 aliphatic rings. The summed E-state index contributed by atoms with van der Waals surface area (Å²) < 4.78 is 0. The Morgan fingerprint density at radius 3 is 2.81 bits per heavy atom. The second-order valence-electron chi connectivity index (χ2n) is 6.73. The third-order valence-corrected chi connectivity index (χ3v) is 4.03. The van der Waals surface area contributed by atoms with Crippen molar-refractivity contribution in [3.05, 3.63) is 0 Å². The molecule has 0 aromatic carbocycles. The normalized spacial score (nSPS) is 22.6. The zero-order chi connectivity index (χ0) is 15.7. The highest BCUT2D eigenvalue weighted by atomic mass is 16.3. The summed E-state index contributed by atoms with van der Waals surface area (Å²) in [5.41, 5.74) is 0. The van der Waals surface area contributed by atoms with Crippen LogP contribution in [0.3, 0.4) is 0 Å². The van der Waals surface area contributed by atoms with Crippen LogP contribution in [-0.4, -0.2) is 54.9 Å². The van der Waals surface area contributed by atoms with Crippen molar-refractivity contribution in [2.75, 3.05) is 32.7 Å². The average molecular weight is 299 g/mol. The third kappa shape index (κ3) is 8.94. The highest BCUT2D eigenvalue weighted by Gasteiger charge is 2.15. The minimum atomic E-state index is -0.309. The van der Waals surface area contributed by atoms with Crippen LogP contribution in [-0.2, 0) is 0 Å². The van der Waals surface area contributed by atoms with Crippen molar-refractivity contribution in [1.82, 2.24) is 15.5 Å². The molecule has 1 heterocycles. The Bertz CT molecular complexity index is 297. The lowest BCUT2D eigenvalue weighted by atomic mass is 10.0. The highest BCUT2D eigenvalue weighted by Crippen LogP contribution is 2.15. The number of likely N-dealkylation sites (tertiary alicyclic amines) is 1. The van der Waals surface area contributed by atoms with E-state index in [-0.39, 0.29) is 12.1 Å². The topological polar surface area (TPSA) is 64.6 Å². The van der Waals surface area contributed by atoms with E-state index < -0.39 is 0 Å². The number of nitrogens with one attached hydrogen (secondary N) is 2. The molecule has 3 atom stereocenters. The van der Waals surface area contributed by atoms with E-state index in [0.717, 1.165) is 25.4 Å². The van der Waals surface area contributed by atoms with E-state index in [1.165, 1.54) is 25.9 Å². The minimum absolute atomic E-state index is 0.0977. The first-order valence-corrected chi connectivity index (χ1v) is 8.39. The van der Waals surface area contributed by atoms with Gasteiger partial charge in [-0.25, -0.2) is 4.79 Å². The lowest BCUT2D eigenvalue weighted by Gasteiger charge is -2.30. The van der Waals surface area contributed by atoms with Crippen LogP contribution in [0.4, 0.5) is 4.79 Å². The Balaban J connectivity index is 2.00. The number of piperidine rings is 1. The van der Waals surface area contributed by atoms with E-state index in [2.05, 4.69) is 22.5 Å². The summed E-state index contributed by atoms with van der Waals surface area (Å²) in [4.78, 5) is 14.1. The van der Waals surface area contributed by atoms with Gasteiger partial charge in [0.1, 0.15) is 0 Å². The van der Waals surface area contributed by atoms with Crippen LogP contribution in [0.2, 0.25) is 0 Å². The first-order chi connectivity index (χ1) is 9.97. The molecule has 2 amide bonds. The fourth-order valence-electron chi connectivity index (χ4n) is 2.99. The van der Waals surface area contributed by atoms with Gasteiger partial charge in [-0.2, -0.15) is 0 Å². The van der Waals surface area contributed by atoms with Gasteiger partial charge in [-0.3, -0.25) is 0 Å². The van der Waals surface area contributed by atoms with E-state index in [9.17, 15) is 9.90 Å². The lowest BCUT2D eigenvalue weighted by molar-refractivity contribution is 0.163. The molecule has 3 unspecified atom stereocenters. The van der Waals surface area contributed by atoms with Crippen molar-refractivity contribution in [3.63, 3.8) is 0 Å². The van der Waals surface area contributed by atoms with Crippen LogP contribution in [0.25, 0.3) is 0 Å². The number of aliphatic hydroxyl groups excluding tert-OH is 1. The number of hydrogen-bond donors (Lipinski definition) is 3. The van der Waals surface area contributed by atoms with Crippen molar-refractivity contribution in [1.29, 1.82) is 0 Å². The van der Waals surface area contributed by atoms with Crippen LogP contribution in [0.5, 0.6) is 0 Å². The molecule has 0 bridgehead atoms. The van der Waals surface area contributed by atoms with Crippen LogP contribution in [0.1, 0.15) is 46.5 Å². The summed E-state index contributed by atoms with van der Waals surface area (Å²) >= 11 is 0. The molecule has 1 aliphatic heterocycles. The average Bonchev–Trinajstić information content (AvgIpc) is 2.41. The molecule has 124 valence electrons. The monoisotopic (exact) mass is 299 g/mol. The van der Waals surface area contributed by atoms with Crippen molar-refractivity contribution in [2.45, 2.75) is 52.6 Å². The van der Waals surface area contributed by atoms with Gasteiger partial charge in [0.25, 0.3) is 0 Å². The maximum Gasteiger partial charge on any atom is 0.314 e. The first-order valence-electron chi connectivity index (χ1n) is 8.39. The standard InChI is InChI=1S/C16H33N3O2/c1-13-6-4-8-19(12-13)9-5-7-17-16(21)18-11-14(2)10-15(3)20/h13-15,20H,4-12H2,1-3H3,(H2,17,18,21). The number of carbonyl (C=O) groups is 1. The fraction of sp³-hybridized carbons (Fsp3) is 0.938. The Morgan fingerprint density at radius 2 is 2.14 bits per heavy atom. The van der Waals surface area contributed by atoms with E-state index in [1.807, 2.05) is 6.92 Å². The molecule has 1 saturated heterocycles. The Hall–Kier alpha value is -0.810. The number of carbonyl (C=O) groups excluding carboxylic acids is 1. The third-order valence-electron chi connectivity index (χ3n) is 4.03. The van der Waals surface area contributed by atoms with Gasteiger partial charge in [-0.1, -0.05) is 13.8 Å². The van der Waals surface area contributed by atoms with E-state index in [0.29, 0.717) is 18.9 Å². The number of amides is 2. The molecule has 0 saturated carbocycles. The van der Waals surface area contributed by atoms with Crippen LogP contribution < -0.4 is 10.6 Å². The quantitative estimate of drug-likeness (QED) is 0.599. The summed E-state index contributed by atoms with van der Waals surface area (Å²) in [6.07, 6.45) is 4.06. The molecule has 21 heavy (non-hydrogen) atoms. The Kier molecular flexibility index (Phi) is 8.69. The van der Waals surface area contributed by atoms with Gasteiger partial charge in [0.15, 0.2) is 0 Å². The Labute approximate surface area is 129 Å². The molecule has 5 nitrogen and oxygen atoms in total. The number of urea groups is 1. The Morgan fingerprint density at radius 1 is 1.38 bits per heavy atom. The summed E-state index contributed by atoms with van der Waals surface area (Å²) in [6.45, 7) is 10.9. The summed E-state index contributed by atoms with van der Waals surface area (Å²) in [5.74, 6) is 1.11. The van der Waals surface area contributed by atoms with Crippen LogP contribution in [0, 0.1) is 11.8 Å². The second kappa shape index (κ2) is 10.0. The zero-order valence-corrected chi connectivity index (χ0v) is 13.9. The van der Waals surface area contributed by atoms with Crippen LogP contribution in [0.15, 0.2) is 0 Å². The molecule has 0 spiro atoms. The number of aliphatic hydroxyl groups is 1. The van der Waals surface area contributed by atoms with Gasteiger partial charge in [-0.05, 0) is 57.5 Å². The number of nitrogens with zero attached hydrogens (tertiary/aromatic N) is 1. The van der Waals surface area contributed by atoms with E-state index in [1.54, 1.807) is 6.92 Å². The van der Waals surface area contributed by atoms with Gasteiger partial charge in [-0.15, -0.1) is 0 Å². The predicted molar refractivity (Wildman–Crippen MR) is 86.3 cm³/mol. The molecular formula is C16H33N3O2. The molecule has 0 aromatic rings. The summed E-state index contributed by atoms with van der Waals surface area (Å²) in [6, 6.07) is -0.0977. The fourth-order valence-corrected chi connectivity index (χ4v) is 2.99. The van der Waals surface area contributed by atoms with Crippen molar-refractivity contribution >= 4 is 6.03 Å². The lowest BCUT2D eigenvalue weighted by Crippen LogP contribution is -2.40. The minimum Gasteiger partial charge on any atom is -0.393 e. The smallest absolute Gasteiger partial charge is 0.314 e. The van der Waals surface area contributed by atoms with Gasteiger partial charge in [0.05, 0.1) is 6.10 Å². The van der Waals surface area contributed by atoms with Crippen molar-refractivity contribution in [3.8, 4) is 0 Å². The zero-order valence-electron chi connectivity index (χ0n) is 13.9. The molecule has 0 aliphatic carbocycles. The molecule has 3 N–H and O–H groups in total. The molecule has 0 aromatic heterocycles. The van der Waals surface area contributed by atoms with Crippen molar-refractivity contribution in [2.24, 2.45) is 11.8 Å². The van der Waals surface area contributed by atoms with Gasteiger partial charge < -0.3 is 20.6 Å². The number of rotatable bonds is 8. The molecule has 5 heteroatoms.